The van der Waals surface area contributed by atoms with Crippen LogP contribution in [0.1, 0.15) is 17.5 Å². The second kappa shape index (κ2) is 6.23. The minimum Gasteiger partial charge on any atom is -0.384 e. The maximum Gasteiger partial charge on any atom is 0.103 e. The Kier molecular flexibility index (Phi) is 3.92. The lowest BCUT2D eigenvalue weighted by molar-refractivity contribution is 0.0453. The number of β-amino-alcohol motifs (C(OH)–C–C–N with tert-alkyl or cyclic N) is 1. The van der Waals surface area contributed by atoms with E-state index in [9.17, 15) is 5.11 Å². The third kappa shape index (κ3) is 2.86. The van der Waals surface area contributed by atoms with Gasteiger partial charge in [0.2, 0.25) is 0 Å². The van der Waals surface area contributed by atoms with Crippen LogP contribution in [0.3, 0.4) is 0 Å². The molecule has 0 amide bonds. The fourth-order valence-corrected chi connectivity index (χ4v) is 3.51. The first-order valence-electron chi connectivity index (χ1n) is 8.33. The third-order valence-electron chi connectivity index (χ3n) is 4.77. The molecule has 1 N–H and O–H groups in total. The molecule has 0 bridgehead atoms. The molecule has 0 aliphatic carbocycles. The predicted octanol–water partition coefficient (Wildman–Crippen LogP) is 2.97. The second-order valence-electron chi connectivity index (χ2n) is 6.44. The standard InChI is InChI=1S/C20H21N3O/c24-20(18-8-2-1-3-9-18)11-14-22(16-20)15-17-7-4-5-10-19(17)23-13-6-12-21-23/h1-10,12-13,24H,11,14-16H2/t20-/m0/s1. The van der Waals surface area contributed by atoms with Crippen LogP contribution in [0.25, 0.3) is 5.69 Å². The Labute approximate surface area is 142 Å². The van der Waals surface area contributed by atoms with Crippen molar-refractivity contribution in [2.24, 2.45) is 0 Å². The third-order valence-corrected chi connectivity index (χ3v) is 4.77. The normalized spacial score (nSPS) is 21.2. The number of benzene rings is 2. The van der Waals surface area contributed by atoms with Crippen LogP contribution in [0.4, 0.5) is 0 Å². The van der Waals surface area contributed by atoms with Gasteiger partial charge in [-0.1, -0.05) is 48.5 Å². The van der Waals surface area contributed by atoms with Gasteiger partial charge in [-0.15, -0.1) is 0 Å². The van der Waals surface area contributed by atoms with Crippen LogP contribution < -0.4 is 0 Å². The summed E-state index contributed by atoms with van der Waals surface area (Å²) < 4.78 is 1.90. The minimum absolute atomic E-state index is 0.657. The molecule has 4 nitrogen and oxygen atoms in total. The number of nitrogens with zero attached hydrogens (tertiary/aromatic N) is 3. The smallest absolute Gasteiger partial charge is 0.103 e. The largest absolute Gasteiger partial charge is 0.384 e. The molecule has 4 rings (SSSR count). The summed E-state index contributed by atoms with van der Waals surface area (Å²) in [6.07, 6.45) is 4.52. The molecule has 1 fully saturated rings. The van der Waals surface area contributed by atoms with E-state index in [1.54, 1.807) is 6.20 Å². The van der Waals surface area contributed by atoms with Crippen molar-refractivity contribution in [3.8, 4) is 5.69 Å². The molecule has 2 heterocycles. The molecule has 122 valence electrons. The van der Waals surface area contributed by atoms with Gasteiger partial charge in [0.05, 0.1) is 5.69 Å². The van der Waals surface area contributed by atoms with Crippen molar-refractivity contribution in [1.82, 2.24) is 14.7 Å². The SMILES string of the molecule is O[C@@]1(c2ccccc2)CCN(Cc2ccccc2-n2cccn2)C1. The number of aliphatic hydroxyl groups is 1. The van der Waals surface area contributed by atoms with E-state index < -0.39 is 5.60 Å². The molecule has 0 spiro atoms. The fraction of sp³-hybridized carbons (Fsp3) is 0.250. The Hall–Kier alpha value is -2.43. The summed E-state index contributed by atoms with van der Waals surface area (Å²) in [5, 5.41) is 15.4. The zero-order chi connectivity index (χ0) is 16.4. The maximum absolute atomic E-state index is 11.0. The van der Waals surface area contributed by atoms with Crippen LogP contribution in [-0.2, 0) is 12.1 Å². The summed E-state index contributed by atoms with van der Waals surface area (Å²) in [7, 11) is 0. The number of hydrogen-bond acceptors (Lipinski definition) is 3. The summed E-state index contributed by atoms with van der Waals surface area (Å²) in [6, 6.07) is 20.2. The van der Waals surface area contributed by atoms with Gasteiger partial charge in [-0.05, 0) is 29.7 Å². The first kappa shape index (κ1) is 15.1. The van der Waals surface area contributed by atoms with Gasteiger partial charge < -0.3 is 5.11 Å². The Morgan fingerprint density at radius 2 is 1.79 bits per heavy atom. The average Bonchev–Trinajstić information content (AvgIpc) is 3.27. The van der Waals surface area contributed by atoms with Crippen molar-refractivity contribution < 1.29 is 5.11 Å². The molecule has 1 aliphatic heterocycles. The van der Waals surface area contributed by atoms with E-state index in [0.717, 1.165) is 30.8 Å². The molecule has 1 atom stereocenters. The van der Waals surface area contributed by atoms with Crippen LogP contribution in [0.15, 0.2) is 73.1 Å². The van der Waals surface area contributed by atoms with E-state index in [-0.39, 0.29) is 0 Å². The van der Waals surface area contributed by atoms with Crippen molar-refractivity contribution in [2.45, 2.75) is 18.6 Å². The van der Waals surface area contributed by atoms with Gasteiger partial charge in [0, 0.05) is 32.0 Å². The van der Waals surface area contributed by atoms with Crippen LogP contribution in [0, 0.1) is 0 Å². The highest BCUT2D eigenvalue weighted by Crippen LogP contribution is 2.33. The van der Waals surface area contributed by atoms with E-state index >= 15 is 0 Å². The van der Waals surface area contributed by atoms with Crippen LogP contribution in [-0.4, -0.2) is 32.9 Å². The lowest BCUT2D eigenvalue weighted by Gasteiger charge is -2.24. The molecule has 0 unspecified atom stereocenters. The topological polar surface area (TPSA) is 41.3 Å². The second-order valence-corrected chi connectivity index (χ2v) is 6.44. The molecule has 1 aromatic heterocycles. The van der Waals surface area contributed by atoms with E-state index in [4.69, 9.17) is 0 Å². The monoisotopic (exact) mass is 319 g/mol. The highest BCUT2D eigenvalue weighted by Gasteiger charge is 2.37. The van der Waals surface area contributed by atoms with Crippen molar-refractivity contribution >= 4 is 0 Å². The number of para-hydroxylation sites is 1. The molecule has 0 radical (unpaired) electrons. The molecular formula is C20H21N3O. The number of aromatic nitrogens is 2. The van der Waals surface area contributed by atoms with Crippen molar-refractivity contribution in [3.05, 3.63) is 84.2 Å². The molecule has 4 heteroatoms. The predicted molar refractivity (Wildman–Crippen MR) is 93.8 cm³/mol. The molecule has 3 aromatic rings. The Morgan fingerprint density at radius 1 is 1.00 bits per heavy atom. The van der Waals surface area contributed by atoms with Crippen molar-refractivity contribution in [1.29, 1.82) is 0 Å². The minimum atomic E-state index is -0.748. The van der Waals surface area contributed by atoms with Gasteiger partial charge in [0.25, 0.3) is 0 Å². The Morgan fingerprint density at radius 3 is 2.58 bits per heavy atom. The molecule has 0 saturated carbocycles. The number of hydrogen-bond donors (Lipinski definition) is 1. The molecule has 1 saturated heterocycles. The molecular weight excluding hydrogens is 298 g/mol. The van der Waals surface area contributed by atoms with E-state index in [2.05, 4.69) is 28.2 Å². The van der Waals surface area contributed by atoms with Crippen LogP contribution >= 0.6 is 0 Å². The number of likely N-dealkylation sites (tertiary alicyclic amines) is 1. The average molecular weight is 319 g/mol. The Bertz CT molecular complexity index is 801. The van der Waals surface area contributed by atoms with Crippen molar-refractivity contribution in [3.63, 3.8) is 0 Å². The van der Waals surface area contributed by atoms with E-state index in [1.165, 1.54) is 5.56 Å². The maximum atomic E-state index is 11.0. The van der Waals surface area contributed by atoms with Gasteiger partial charge in [-0.3, -0.25) is 4.90 Å². The summed E-state index contributed by atoms with van der Waals surface area (Å²) in [5.41, 5.74) is 2.58. The quantitative estimate of drug-likeness (QED) is 0.804. The highest BCUT2D eigenvalue weighted by atomic mass is 16.3. The summed E-state index contributed by atoms with van der Waals surface area (Å²) >= 11 is 0. The molecule has 2 aromatic carbocycles. The lowest BCUT2D eigenvalue weighted by atomic mass is 9.93. The first-order valence-corrected chi connectivity index (χ1v) is 8.33. The fourth-order valence-electron chi connectivity index (χ4n) is 3.51. The van der Waals surface area contributed by atoms with Crippen LogP contribution in [0.2, 0.25) is 0 Å². The zero-order valence-corrected chi connectivity index (χ0v) is 13.5. The summed E-state index contributed by atoms with van der Waals surface area (Å²) in [4.78, 5) is 2.31. The van der Waals surface area contributed by atoms with Crippen LogP contribution in [0.5, 0.6) is 0 Å². The molecule has 1 aliphatic rings. The first-order chi connectivity index (χ1) is 11.7. The summed E-state index contributed by atoms with van der Waals surface area (Å²) in [6.45, 7) is 2.36. The highest BCUT2D eigenvalue weighted by molar-refractivity contribution is 5.40. The molecule has 24 heavy (non-hydrogen) atoms. The summed E-state index contributed by atoms with van der Waals surface area (Å²) in [5.74, 6) is 0. The van der Waals surface area contributed by atoms with E-state index in [0.29, 0.717) is 6.54 Å². The zero-order valence-electron chi connectivity index (χ0n) is 13.5. The van der Waals surface area contributed by atoms with Gasteiger partial charge >= 0.3 is 0 Å². The number of rotatable bonds is 4. The van der Waals surface area contributed by atoms with Gasteiger partial charge in [-0.25, -0.2) is 4.68 Å². The lowest BCUT2D eigenvalue weighted by Crippen LogP contribution is -2.30. The Balaban J connectivity index is 1.54. The van der Waals surface area contributed by atoms with Crippen molar-refractivity contribution in [2.75, 3.05) is 13.1 Å². The van der Waals surface area contributed by atoms with Gasteiger partial charge in [0.1, 0.15) is 5.60 Å². The van der Waals surface area contributed by atoms with Gasteiger partial charge in [-0.2, -0.15) is 5.10 Å². The van der Waals surface area contributed by atoms with E-state index in [1.807, 2.05) is 53.3 Å². The van der Waals surface area contributed by atoms with Gasteiger partial charge in [0.15, 0.2) is 0 Å².